The zero-order valence-corrected chi connectivity index (χ0v) is 19.2. The molecule has 0 saturated carbocycles. The highest BCUT2D eigenvalue weighted by Crippen LogP contribution is 2.33. The summed E-state index contributed by atoms with van der Waals surface area (Å²) in [4.78, 5) is 7.86. The second kappa shape index (κ2) is 12.3. The highest BCUT2D eigenvalue weighted by atomic mass is 127. The summed E-state index contributed by atoms with van der Waals surface area (Å²) in [6, 6.07) is 7.59. The number of ether oxygens (including phenoxy) is 2. The summed E-state index contributed by atoms with van der Waals surface area (Å²) in [5.41, 5.74) is -0.0839. The predicted molar refractivity (Wildman–Crippen MR) is 122 cm³/mol. The molecule has 0 aliphatic rings. The minimum Gasteiger partial charge on any atom is -0.493 e. The van der Waals surface area contributed by atoms with E-state index >= 15 is 0 Å². The highest BCUT2D eigenvalue weighted by molar-refractivity contribution is 14.0. The van der Waals surface area contributed by atoms with Gasteiger partial charge in [0, 0.05) is 38.1 Å². The Labute approximate surface area is 190 Å². The van der Waals surface area contributed by atoms with Crippen LogP contribution in [0.3, 0.4) is 0 Å². The molecule has 0 saturated heterocycles. The van der Waals surface area contributed by atoms with E-state index in [1.165, 1.54) is 12.3 Å². The number of nitrogens with one attached hydrogen (secondary N) is 3. The number of methoxy groups -OCH3 is 1. The third kappa shape index (κ3) is 7.43. The molecule has 30 heavy (non-hydrogen) atoms. The molecule has 2 rings (SSSR count). The van der Waals surface area contributed by atoms with Crippen LogP contribution in [-0.2, 0) is 6.18 Å². The van der Waals surface area contributed by atoms with Gasteiger partial charge in [0.15, 0.2) is 17.5 Å². The van der Waals surface area contributed by atoms with Crippen molar-refractivity contribution in [2.45, 2.75) is 13.1 Å². The van der Waals surface area contributed by atoms with Crippen LogP contribution >= 0.6 is 24.0 Å². The van der Waals surface area contributed by atoms with E-state index in [-0.39, 0.29) is 36.3 Å². The molecule has 0 atom stereocenters. The maximum atomic E-state index is 13.0. The Hall–Kier alpha value is -2.44. The SMILES string of the molecule is CCOc1ccc(NC(=NC)NCCNc2ncccc2C(F)(F)F)cc1OC.I. The maximum absolute atomic E-state index is 13.0. The van der Waals surface area contributed by atoms with E-state index in [1.54, 1.807) is 26.3 Å². The molecule has 1 aromatic heterocycles. The summed E-state index contributed by atoms with van der Waals surface area (Å²) < 4.78 is 49.7. The van der Waals surface area contributed by atoms with Gasteiger partial charge in [-0.25, -0.2) is 4.98 Å². The molecule has 0 spiro atoms. The first-order chi connectivity index (χ1) is 13.9. The maximum Gasteiger partial charge on any atom is 0.419 e. The lowest BCUT2D eigenvalue weighted by molar-refractivity contribution is -0.137. The lowest BCUT2D eigenvalue weighted by Gasteiger charge is -2.16. The zero-order chi connectivity index (χ0) is 21.3. The molecule has 0 fully saturated rings. The molecule has 0 aliphatic carbocycles. The summed E-state index contributed by atoms with van der Waals surface area (Å²) in [6.07, 6.45) is -3.15. The van der Waals surface area contributed by atoms with Crippen LogP contribution in [-0.4, -0.2) is 44.8 Å². The van der Waals surface area contributed by atoms with E-state index in [1.807, 2.05) is 13.0 Å². The number of guanidine groups is 1. The first-order valence-electron chi connectivity index (χ1n) is 8.93. The van der Waals surface area contributed by atoms with Crippen molar-refractivity contribution >= 4 is 41.4 Å². The van der Waals surface area contributed by atoms with E-state index in [4.69, 9.17) is 9.47 Å². The van der Waals surface area contributed by atoms with Gasteiger partial charge in [-0.1, -0.05) is 0 Å². The Kier molecular flexibility index (Phi) is 10.5. The van der Waals surface area contributed by atoms with Gasteiger partial charge >= 0.3 is 6.18 Å². The third-order valence-corrected chi connectivity index (χ3v) is 3.77. The second-order valence-corrected chi connectivity index (χ2v) is 5.75. The summed E-state index contributed by atoms with van der Waals surface area (Å²) in [7, 11) is 3.14. The van der Waals surface area contributed by atoms with E-state index in [9.17, 15) is 13.2 Å². The third-order valence-electron chi connectivity index (χ3n) is 3.77. The lowest BCUT2D eigenvalue weighted by atomic mass is 10.2. The summed E-state index contributed by atoms with van der Waals surface area (Å²) in [6.45, 7) is 2.94. The first-order valence-corrected chi connectivity index (χ1v) is 8.93. The average Bonchev–Trinajstić information content (AvgIpc) is 2.71. The minimum atomic E-state index is -4.46. The molecule has 0 aliphatic heterocycles. The Morgan fingerprint density at radius 3 is 2.57 bits per heavy atom. The number of hydrogen-bond acceptors (Lipinski definition) is 5. The number of aromatic nitrogens is 1. The van der Waals surface area contributed by atoms with Gasteiger partial charge in [0.2, 0.25) is 0 Å². The van der Waals surface area contributed by atoms with Gasteiger partial charge in [0.1, 0.15) is 5.82 Å². The quantitative estimate of drug-likeness (QED) is 0.202. The fourth-order valence-electron chi connectivity index (χ4n) is 2.47. The number of halogens is 4. The molecule has 0 amide bonds. The van der Waals surface area contributed by atoms with Crippen LogP contribution in [0.2, 0.25) is 0 Å². The number of benzene rings is 1. The van der Waals surface area contributed by atoms with Gasteiger partial charge in [-0.05, 0) is 31.2 Å². The molecule has 2 aromatic rings. The Morgan fingerprint density at radius 1 is 1.17 bits per heavy atom. The van der Waals surface area contributed by atoms with Crippen LogP contribution in [0.1, 0.15) is 12.5 Å². The minimum absolute atomic E-state index is 0. The Morgan fingerprint density at radius 2 is 1.93 bits per heavy atom. The van der Waals surface area contributed by atoms with Crippen molar-refractivity contribution in [1.82, 2.24) is 10.3 Å². The predicted octanol–water partition coefficient (Wildman–Crippen LogP) is 4.23. The fourth-order valence-corrected chi connectivity index (χ4v) is 2.47. The first kappa shape index (κ1) is 25.6. The van der Waals surface area contributed by atoms with Crippen LogP contribution in [0.5, 0.6) is 11.5 Å². The number of aliphatic imine (C=N–C) groups is 1. The lowest BCUT2D eigenvalue weighted by Crippen LogP contribution is -2.34. The molecule has 3 N–H and O–H groups in total. The van der Waals surface area contributed by atoms with Crippen molar-refractivity contribution in [1.29, 1.82) is 0 Å². The van der Waals surface area contributed by atoms with Crippen molar-refractivity contribution in [3.05, 3.63) is 42.1 Å². The van der Waals surface area contributed by atoms with E-state index in [0.29, 0.717) is 30.6 Å². The van der Waals surface area contributed by atoms with Crippen molar-refractivity contribution in [2.24, 2.45) is 4.99 Å². The number of hydrogen-bond donors (Lipinski definition) is 3. The van der Waals surface area contributed by atoms with Crippen LogP contribution in [0, 0.1) is 0 Å². The van der Waals surface area contributed by atoms with E-state index < -0.39 is 11.7 Å². The molecule has 11 heteroatoms. The van der Waals surface area contributed by atoms with Crippen LogP contribution < -0.4 is 25.4 Å². The normalized spacial score (nSPS) is 11.3. The van der Waals surface area contributed by atoms with Crippen molar-refractivity contribution in [3.8, 4) is 11.5 Å². The summed E-state index contributed by atoms with van der Waals surface area (Å²) >= 11 is 0. The van der Waals surface area contributed by atoms with Crippen molar-refractivity contribution in [2.75, 3.05) is 44.5 Å². The zero-order valence-electron chi connectivity index (χ0n) is 16.8. The van der Waals surface area contributed by atoms with Gasteiger partial charge < -0.3 is 25.4 Å². The largest absolute Gasteiger partial charge is 0.493 e. The number of pyridine rings is 1. The van der Waals surface area contributed by atoms with Crippen LogP contribution in [0.15, 0.2) is 41.5 Å². The molecule has 7 nitrogen and oxygen atoms in total. The van der Waals surface area contributed by atoms with Crippen LogP contribution in [0.25, 0.3) is 0 Å². The molecule has 0 bridgehead atoms. The van der Waals surface area contributed by atoms with Crippen molar-refractivity contribution in [3.63, 3.8) is 0 Å². The molecular formula is C19H25F3IN5O2. The standard InChI is InChI=1S/C19H24F3N5O2.HI/c1-4-29-15-8-7-13(12-16(15)28-3)27-18(23-2)26-11-10-25-17-14(19(20,21)22)6-5-9-24-17;/h5-9,12H,4,10-11H2,1-3H3,(H,24,25)(H2,23,26,27);1H. The monoisotopic (exact) mass is 539 g/mol. The highest BCUT2D eigenvalue weighted by Gasteiger charge is 2.33. The van der Waals surface area contributed by atoms with Gasteiger partial charge in [-0.2, -0.15) is 13.2 Å². The summed E-state index contributed by atoms with van der Waals surface area (Å²) in [5, 5.41) is 8.80. The van der Waals surface area contributed by atoms with Gasteiger partial charge in [-0.3, -0.25) is 4.99 Å². The van der Waals surface area contributed by atoms with Gasteiger partial charge in [-0.15, -0.1) is 24.0 Å². The Balaban J connectivity index is 0.00000450. The van der Waals surface area contributed by atoms with Gasteiger partial charge in [0.25, 0.3) is 0 Å². The average molecular weight is 539 g/mol. The number of alkyl halides is 3. The molecule has 0 unspecified atom stereocenters. The molecule has 166 valence electrons. The molecule has 1 heterocycles. The topological polar surface area (TPSA) is 79.8 Å². The van der Waals surface area contributed by atoms with Crippen molar-refractivity contribution < 1.29 is 22.6 Å². The molecular weight excluding hydrogens is 514 g/mol. The number of anilines is 2. The summed E-state index contributed by atoms with van der Waals surface area (Å²) in [5.74, 6) is 1.45. The van der Waals surface area contributed by atoms with Crippen LogP contribution in [0.4, 0.5) is 24.7 Å². The van der Waals surface area contributed by atoms with Gasteiger partial charge in [0.05, 0.1) is 19.3 Å². The number of rotatable bonds is 8. The smallest absolute Gasteiger partial charge is 0.419 e. The fraction of sp³-hybridized carbons (Fsp3) is 0.368. The number of nitrogens with zero attached hydrogens (tertiary/aromatic N) is 2. The van der Waals surface area contributed by atoms with E-state index in [2.05, 4.69) is 25.9 Å². The van der Waals surface area contributed by atoms with E-state index in [0.717, 1.165) is 11.8 Å². The molecule has 0 radical (unpaired) electrons. The second-order valence-electron chi connectivity index (χ2n) is 5.75. The Bertz CT molecular complexity index is 834. The molecule has 1 aromatic carbocycles.